The van der Waals surface area contributed by atoms with Gasteiger partial charge in [0.1, 0.15) is 5.75 Å². The lowest BCUT2D eigenvalue weighted by Crippen LogP contribution is -2.06. The smallest absolute Gasteiger partial charge is 0.387 e. The number of nitrogens with zero attached hydrogens (tertiary/aromatic N) is 1. The molecule has 0 spiro atoms. The van der Waals surface area contributed by atoms with Gasteiger partial charge in [0, 0.05) is 6.54 Å². The van der Waals surface area contributed by atoms with Crippen LogP contribution in [0.2, 0.25) is 0 Å². The summed E-state index contributed by atoms with van der Waals surface area (Å²) < 4.78 is 29.0. The number of hydrogen-bond donors (Lipinski definition) is 1. The highest BCUT2D eigenvalue weighted by atomic mass is 19.3. The van der Waals surface area contributed by atoms with Crippen LogP contribution in [0.15, 0.2) is 48.5 Å². The average Bonchev–Trinajstić information content (AvgIpc) is 2.46. The molecule has 0 heterocycles. The Hall–Kier alpha value is -2.61. The van der Waals surface area contributed by atoms with Gasteiger partial charge in [0.2, 0.25) is 0 Å². The summed E-state index contributed by atoms with van der Waals surface area (Å²) in [6, 6.07) is 15.6. The monoisotopic (exact) mass is 274 g/mol. The lowest BCUT2D eigenvalue weighted by atomic mass is 10.1. The summed E-state index contributed by atoms with van der Waals surface area (Å²) in [4.78, 5) is 0. The maximum absolute atomic E-state index is 12.3. The van der Waals surface area contributed by atoms with E-state index in [1.165, 1.54) is 6.07 Å². The third kappa shape index (κ3) is 3.69. The van der Waals surface area contributed by atoms with Crippen LogP contribution in [0.4, 0.5) is 14.5 Å². The number of para-hydroxylation sites is 2. The Morgan fingerprint density at radius 1 is 1.15 bits per heavy atom. The maximum atomic E-state index is 12.3. The average molecular weight is 274 g/mol. The number of halogens is 2. The Morgan fingerprint density at radius 2 is 1.95 bits per heavy atom. The minimum atomic E-state index is -2.86. The fourth-order valence-electron chi connectivity index (χ4n) is 1.76. The molecule has 3 nitrogen and oxygen atoms in total. The van der Waals surface area contributed by atoms with Gasteiger partial charge in [-0.05, 0) is 29.8 Å². The number of nitriles is 1. The molecular formula is C15H12F2N2O. The molecule has 20 heavy (non-hydrogen) atoms. The molecule has 2 aromatic rings. The molecule has 1 N–H and O–H groups in total. The van der Waals surface area contributed by atoms with Crippen molar-refractivity contribution in [1.82, 2.24) is 0 Å². The van der Waals surface area contributed by atoms with Crippen LogP contribution >= 0.6 is 0 Å². The van der Waals surface area contributed by atoms with Crippen molar-refractivity contribution >= 4 is 5.69 Å². The van der Waals surface area contributed by atoms with E-state index in [0.717, 1.165) is 5.56 Å². The Labute approximate surface area is 115 Å². The first kappa shape index (κ1) is 13.8. The first-order valence-electron chi connectivity index (χ1n) is 5.96. The molecule has 0 aliphatic rings. The van der Waals surface area contributed by atoms with Gasteiger partial charge in [-0.1, -0.05) is 24.3 Å². The Kier molecular flexibility index (Phi) is 4.51. The molecule has 0 fully saturated rings. The van der Waals surface area contributed by atoms with Gasteiger partial charge in [-0.3, -0.25) is 0 Å². The van der Waals surface area contributed by atoms with Crippen molar-refractivity contribution in [3.05, 3.63) is 59.7 Å². The molecule has 0 aliphatic carbocycles. The van der Waals surface area contributed by atoms with Crippen molar-refractivity contribution in [3.63, 3.8) is 0 Å². The number of ether oxygens (including phenoxy) is 1. The van der Waals surface area contributed by atoms with Crippen molar-refractivity contribution in [2.75, 3.05) is 5.32 Å². The standard InChI is InChI=1S/C15H12F2N2O/c16-15(17)20-14-7-2-1-6-13(14)19-10-12-5-3-4-11(8-12)9-18/h1-8,15,19H,10H2. The van der Waals surface area contributed by atoms with Crippen LogP contribution in [0.1, 0.15) is 11.1 Å². The lowest BCUT2D eigenvalue weighted by molar-refractivity contribution is -0.0493. The van der Waals surface area contributed by atoms with Gasteiger partial charge >= 0.3 is 6.61 Å². The highest BCUT2D eigenvalue weighted by Gasteiger charge is 2.08. The quantitative estimate of drug-likeness (QED) is 0.902. The van der Waals surface area contributed by atoms with Crippen LogP contribution in [0.3, 0.4) is 0 Å². The summed E-state index contributed by atoms with van der Waals surface area (Å²) in [5.74, 6) is 0.0962. The maximum Gasteiger partial charge on any atom is 0.387 e. The molecule has 0 atom stereocenters. The fraction of sp³-hybridized carbons (Fsp3) is 0.133. The number of rotatable bonds is 5. The highest BCUT2D eigenvalue weighted by molar-refractivity contribution is 5.56. The lowest BCUT2D eigenvalue weighted by Gasteiger charge is -2.12. The minimum absolute atomic E-state index is 0.0962. The first-order chi connectivity index (χ1) is 9.69. The Morgan fingerprint density at radius 3 is 2.70 bits per heavy atom. The molecule has 0 saturated carbocycles. The van der Waals surface area contributed by atoms with E-state index in [0.29, 0.717) is 17.8 Å². The second-order valence-corrected chi connectivity index (χ2v) is 4.04. The molecule has 2 rings (SSSR count). The van der Waals surface area contributed by atoms with E-state index in [4.69, 9.17) is 5.26 Å². The van der Waals surface area contributed by atoms with Gasteiger partial charge in [-0.25, -0.2) is 0 Å². The summed E-state index contributed by atoms with van der Waals surface area (Å²) >= 11 is 0. The van der Waals surface area contributed by atoms with Crippen LogP contribution in [0.25, 0.3) is 0 Å². The molecule has 0 bridgehead atoms. The minimum Gasteiger partial charge on any atom is -0.433 e. The summed E-state index contributed by atoms with van der Waals surface area (Å²) in [7, 11) is 0. The van der Waals surface area contributed by atoms with Gasteiger partial charge < -0.3 is 10.1 Å². The van der Waals surface area contributed by atoms with Crippen LogP contribution in [-0.4, -0.2) is 6.61 Å². The molecule has 0 saturated heterocycles. The van der Waals surface area contributed by atoms with Crippen molar-refractivity contribution in [2.45, 2.75) is 13.2 Å². The number of benzene rings is 2. The molecule has 0 amide bonds. The summed E-state index contributed by atoms with van der Waals surface area (Å²) in [6.45, 7) is -2.45. The zero-order chi connectivity index (χ0) is 14.4. The van der Waals surface area contributed by atoms with Crippen LogP contribution in [0.5, 0.6) is 5.75 Å². The van der Waals surface area contributed by atoms with Gasteiger partial charge in [-0.15, -0.1) is 0 Å². The van der Waals surface area contributed by atoms with Crippen molar-refractivity contribution < 1.29 is 13.5 Å². The van der Waals surface area contributed by atoms with Crippen LogP contribution in [0, 0.1) is 11.3 Å². The van der Waals surface area contributed by atoms with E-state index in [2.05, 4.69) is 16.1 Å². The van der Waals surface area contributed by atoms with Crippen molar-refractivity contribution in [3.8, 4) is 11.8 Å². The van der Waals surface area contributed by atoms with Gasteiger partial charge in [0.05, 0.1) is 17.3 Å². The van der Waals surface area contributed by atoms with Gasteiger partial charge in [0.15, 0.2) is 0 Å². The summed E-state index contributed by atoms with van der Waals surface area (Å²) in [5.41, 5.74) is 1.92. The van der Waals surface area contributed by atoms with Gasteiger partial charge in [-0.2, -0.15) is 14.0 Å². The third-order valence-corrected chi connectivity index (χ3v) is 2.64. The summed E-state index contributed by atoms with van der Waals surface area (Å²) in [6.07, 6.45) is 0. The number of alkyl halides is 2. The third-order valence-electron chi connectivity index (χ3n) is 2.64. The van der Waals surface area contributed by atoms with Crippen molar-refractivity contribution in [1.29, 1.82) is 5.26 Å². The SMILES string of the molecule is N#Cc1cccc(CNc2ccccc2OC(F)F)c1. The first-order valence-corrected chi connectivity index (χ1v) is 5.96. The Bertz CT molecular complexity index is 623. The largest absolute Gasteiger partial charge is 0.433 e. The molecule has 2 aromatic carbocycles. The fourth-order valence-corrected chi connectivity index (χ4v) is 1.76. The zero-order valence-electron chi connectivity index (χ0n) is 10.5. The van der Waals surface area contributed by atoms with E-state index in [1.54, 1.807) is 36.4 Å². The number of anilines is 1. The predicted octanol–water partition coefficient (Wildman–Crippen LogP) is 3.77. The second-order valence-electron chi connectivity index (χ2n) is 4.04. The van der Waals surface area contributed by atoms with Crippen LogP contribution < -0.4 is 10.1 Å². The van der Waals surface area contributed by atoms with Gasteiger partial charge in [0.25, 0.3) is 0 Å². The Balaban J connectivity index is 2.09. The molecule has 0 unspecified atom stereocenters. The van der Waals surface area contributed by atoms with E-state index in [1.807, 2.05) is 6.07 Å². The zero-order valence-corrected chi connectivity index (χ0v) is 10.5. The molecule has 0 radical (unpaired) electrons. The predicted molar refractivity (Wildman–Crippen MR) is 71.6 cm³/mol. The molecular weight excluding hydrogens is 262 g/mol. The van der Waals surface area contributed by atoms with E-state index in [9.17, 15) is 8.78 Å². The van der Waals surface area contributed by atoms with E-state index >= 15 is 0 Å². The number of hydrogen-bond acceptors (Lipinski definition) is 3. The molecule has 5 heteroatoms. The number of nitrogens with one attached hydrogen (secondary N) is 1. The normalized spacial score (nSPS) is 10.1. The van der Waals surface area contributed by atoms with E-state index in [-0.39, 0.29) is 5.75 Å². The highest BCUT2D eigenvalue weighted by Crippen LogP contribution is 2.26. The summed E-state index contributed by atoms with van der Waals surface area (Å²) in [5, 5.41) is 11.8. The molecule has 0 aromatic heterocycles. The van der Waals surface area contributed by atoms with Crippen molar-refractivity contribution in [2.24, 2.45) is 0 Å². The van der Waals surface area contributed by atoms with E-state index < -0.39 is 6.61 Å². The molecule has 0 aliphatic heterocycles. The molecule has 102 valence electrons. The topological polar surface area (TPSA) is 45.0 Å². The second kappa shape index (κ2) is 6.53. The van der Waals surface area contributed by atoms with Crippen LogP contribution in [-0.2, 0) is 6.54 Å².